The smallest absolute Gasteiger partial charge is 0.211 e. The minimum atomic E-state index is 0.142. The van der Waals surface area contributed by atoms with Crippen molar-refractivity contribution in [3.8, 4) is 5.75 Å². The summed E-state index contributed by atoms with van der Waals surface area (Å²) >= 11 is 0. The van der Waals surface area contributed by atoms with Gasteiger partial charge < -0.3 is 15.2 Å². The van der Waals surface area contributed by atoms with Gasteiger partial charge in [0.2, 0.25) is 6.41 Å². The minimum absolute atomic E-state index is 0.142. The van der Waals surface area contributed by atoms with Crippen LogP contribution < -0.4 is 10.1 Å². The van der Waals surface area contributed by atoms with E-state index in [1.54, 1.807) is 0 Å². The standard InChI is InChI=1S/C16H23N3O3/c1-3-5-13(6-7-20)19-10-12-8-15(17-11-21)16(22-4-2)9-14(12)18-19/h8-11,13,20H,3-7H2,1-2H3,(H,17,21)/t13-/m1/s1. The van der Waals surface area contributed by atoms with E-state index in [9.17, 15) is 9.90 Å². The van der Waals surface area contributed by atoms with Gasteiger partial charge in [0.05, 0.1) is 23.9 Å². The molecule has 0 spiro atoms. The summed E-state index contributed by atoms with van der Waals surface area (Å²) in [6.07, 6.45) is 5.27. The molecule has 2 aromatic rings. The van der Waals surface area contributed by atoms with Crippen molar-refractivity contribution >= 4 is 23.0 Å². The van der Waals surface area contributed by atoms with E-state index in [-0.39, 0.29) is 12.6 Å². The van der Waals surface area contributed by atoms with Gasteiger partial charge in [-0.2, -0.15) is 5.10 Å². The Kier molecular flexibility index (Phi) is 5.77. The van der Waals surface area contributed by atoms with Crippen LogP contribution in [-0.2, 0) is 4.79 Å². The number of anilines is 1. The quantitative estimate of drug-likeness (QED) is 0.698. The maximum atomic E-state index is 10.7. The summed E-state index contributed by atoms with van der Waals surface area (Å²) in [4.78, 5) is 10.7. The lowest BCUT2D eigenvalue weighted by Crippen LogP contribution is -2.11. The number of aromatic nitrogens is 2. The summed E-state index contributed by atoms with van der Waals surface area (Å²) in [6.45, 7) is 4.67. The van der Waals surface area contributed by atoms with E-state index in [1.165, 1.54) is 0 Å². The number of carbonyl (C=O) groups is 1. The first-order chi connectivity index (χ1) is 10.7. The molecule has 22 heavy (non-hydrogen) atoms. The Labute approximate surface area is 130 Å². The van der Waals surface area contributed by atoms with Crippen molar-refractivity contribution < 1.29 is 14.6 Å². The molecule has 120 valence electrons. The van der Waals surface area contributed by atoms with Crippen molar-refractivity contribution in [1.29, 1.82) is 0 Å². The number of aliphatic hydroxyl groups is 1. The van der Waals surface area contributed by atoms with Crippen LogP contribution in [0.3, 0.4) is 0 Å². The van der Waals surface area contributed by atoms with Crippen LogP contribution in [0.2, 0.25) is 0 Å². The zero-order valence-electron chi connectivity index (χ0n) is 13.1. The number of amides is 1. The second kappa shape index (κ2) is 7.79. The van der Waals surface area contributed by atoms with Crippen LogP contribution in [0.4, 0.5) is 5.69 Å². The second-order valence-corrected chi connectivity index (χ2v) is 5.17. The van der Waals surface area contributed by atoms with Gasteiger partial charge in [0.15, 0.2) is 0 Å². The van der Waals surface area contributed by atoms with Crippen molar-refractivity contribution in [1.82, 2.24) is 9.78 Å². The zero-order valence-corrected chi connectivity index (χ0v) is 13.1. The van der Waals surface area contributed by atoms with Gasteiger partial charge in [0.25, 0.3) is 0 Å². The number of ether oxygens (including phenoxy) is 1. The van der Waals surface area contributed by atoms with Gasteiger partial charge in [-0.3, -0.25) is 9.48 Å². The number of hydrogen-bond donors (Lipinski definition) is 2. The van der Waals surface area contributed by atoms with Crippen molar-refractivity contribution in [2.24, 2.45) is 0 Å². The van der Waals surface area contributed by atoms with Crippen molar-refractivity contribution in [2.75, 3.05) is 18.5 Å². The Morgan fingerprint density at radius 1 is 1.41 bits per heavy atom. The molecule has 0 aliphatic heterocycles. The van der Waals surface area contributed by atoms with Crippen LogP contribution in [0.1, 0.15) is 39.2 Å². The van der Waals surface area contributed by atoms with Gasteiger partial charge >= 0.3 is 0 Å². The van der Waals surface area contributed by atoms with Crippen LogP contribution in [0, 0.1) is 0 Å². The number of fused-ring (bicyclic) bond motifs is 1. The third-order valence-corrected chi connectivity index (χ3v) is 3.60. The van der Waals surface area contributed by atoms with E-state index in [1.807, 2.05) is 29.9 Å². The van der Waals surface area contributed by atoms with Crippen LogP contribution in [0.15, 0.2) is 18.3 Å². The van der Waals surface area contributed by atoms with E-state index in [4.69, 9.17) is 4.74 Å². The maximum Gasteiger partial charge on any atom is 0.211 e. The summed E-state index contributed by atoms with van der Waals surface area (Å²) in [6, 6.07) is 3.88. The van der Waals surface area contributed by atoms with Crippen molar-refractivity contribution in [3.05, 3.63) is 18.3 Å². The minimum Gasteiger partial charge on any atom is -0.492 e. The predicted octanol–water partition coefficient (Wildman–Crippen LogP) is 2.73. The van der Waals surface area contributed by atoms with E-state index in [2.05, 4.69) is 17.3 Å². The van der Waals surface area contributed by atoms with Crippen molar-refractivity contribution in [2.45, 2.75) is 39.2 Å². The Balaban J connectivity index is 2.41. The molecule has 0 aliphatic rings. The van der Waals surface area contributed by atoms with Crippen LogP contribution >= 0.6 is 0 Å². The fourth-order valence-electron chi connectivity index (χ4n) is 2.60. The lowest BCUT2D eigenvalue weighted by molar-refractivity contribution is -0.105. The average Bonchev–Trinajstić information content (AvgIpc) is 2.90. The molecule has 0 bridgehead atoms. The SMILES string of the molecule is CCC[C@H](CCO)n1cc2cc(NC=O)c(OCC)cc2n1. The largest absolute Gasteiger partial charge is 0.492 e. The second-order valence-electron chi connectivity index (χ2n) is 5.17. The monoisotopic (exact) mass is 305 g/mol. The number of nitrogens with one attached hydrogen (secondary N) is 1. The van der Waals surface area contributed by atoms with Crippen molar-refractivity contribution in [3.63, 3.8) is 0 Å². The van der Waals surface area contributed by atoms with Gasteiger partial charge in [-0.05, 0) is 25.8 Å². The Hall–Kier alpha value is -2.08. The highest BCUT2D eigenvalue weighted by molar-refractivity contribution is 5.88. The van der Waals surface area contributed by atoms with E-state index < -0.39 is 0 Å². The Bertz CT molecular complexity index is 618. The number of hydrogen-bond acceptors (Lipinski definition) is 4. The van der Waals surface area contributed by atoms with Crippen LogP contribution in [-0.4, -0.2) is 34.5 Å². The highest BCUT2D eigenvalue weighted by Crippen LogP contribution is 2.31. The van der Waals surface area contributed by atoms with Gasteiger partial charge in [-0.1, -0.05) is 13.3 Å². The Morgan fingerprint density at radius 3 is 2.86 bits per heavy atom. The number of aliphatic hydroxyl groups excluding tert-OH is 1. The molecular formula is C16H23N3O3. The van der Waals surface area contributed by atoms with E-state index >= 15 is 0 Å². The average molecular weight is 305 g/mol. The molecule has 0 fully saturated rings. The highest BCUT2D eigenvalue weighted by Gasteiger charge is 2.14. The van der Waals surface area contributed by atoms with E-state index in [0.29, 0.717) is 30.9 Å². The number of benzene rings is 1. The third-order valence-electron chi connectivity index (χ3n) is 3.60. The summed E-state index contributed by atoms with van der Waals surface area (Å²) in [5.74, 6) is 0.613. The lowest BCUT2D eigenvalue weighted by Gasteiger charge is -2.14. The van der Waals surface area contributed by atoms with Gasteiger partial charge in [-0.25, -0.2) is 0 Å². The van der Waals surface area contributed by atoms with Crippen LogP contribution in [0.5, 0.6) is 5.75 Å². The predicted molar refractivity (Wildman–Crippen MR) is 86.2 cm³/mol. The lowest BCUT2D eigenvalue weighted by atomic mass is 10.1. The maximum absolute atomic E-state index is 10.7. The van der Waals surface area contributed by atoms with Gasteiger partial charge in [0.1, 0.15) is 5.75 Å². The molecule has 6 nitrogen and oxygen atoms in total. The zero-order chi connectivity index (χ0) is 15.9. The molecule has 1 atom stereocenters. The number of carbonyl (C=O) groups excluding carboxylic acids is 1. The molecule has 1 heterocycles. The molecule has 2 N–H and O–H groups in total. The topological polar surface area (TPSA) is 76.4 Å². The molecule has 0 unspecified atom stereocenters. The molecule has 1 aromatic carbocycles. The first-order valence-electron chi connectivity index (χ1n) is 7.70. The summed E-state index contributed by atoms with van der Waals surface area (Å²) in [5, 5.41) is 17.4. The fraction of sp³-hybridized carbons (Fsp3) is 0.500. The third kappa shape index (κ3) is 3.57. The summed E-state index contributed by atoms with van der Waals surface area (Å²) in [7, 11) is 0. The number of rotatable bonds is 9. The molecule has 1 aromatic heterocycles. The molecule has 0 radical (unpaired) electrons. The van der Waals surface area contributed by atoms with Crippen LogP contribution in [0.25, 0.3) is 10.9 Å². The highest BCUT2D eigenvalue weighted by atomic mass is 16.5. The van der Waals surface area contributed by atoms with Gasteiger partial charge in [0, 0.05) is 24.3 Å². The summed E-state index contributed by atoms with van der Waals surface area (Å²) in [5.41, 5.74) is 1.46. The van der Waals surface area contributed by atoms with E-state index in [0.717, 1.165) is 23.7 Å². The summed E-state index contributed by atoms with van der Waals surface area (Å²) < 4.78 is 7.46. The first-order valence-corrected chi connectivity index (χ1v) is 7.70. The molecule has 1 amide bonds. The molecule has 2 rings (SSSR count). The molecular weight excluding hydrogens is 282 g/mol. The van der Waals surface area contributed by atoms with Gasteiger partial charge in [-0.15, -0.1) is 0 Å². The number of nitrogens with zero attached hydrogens (tertiary/aromatic N) is 2. The molecule has 0 saturated carbocycles. The Morgan fingerprint density at radius 2 is 2.23 bits per heavy atom. The normalized spacial score (nSPS) is 12.3. The fourth-order valence-corrected chi connectivity index (χ4v) is 2.60. The first kappa shape index (κ1) is 16.3. The molecule has 0 saturated heterocycles. The molecule has 6 heteroatoms. The molecule has 0 aliphatic carbocycles.